The fourth-order valence-corrected chi connectivity index (χ4v) is 2.30. The van der Waals surface area contributed by atoms with E-state index in [-0.39, 0.29) is 18.8 Å². The van der Waals surface area contributed by atoms with Gasteiger partial charge in [0.15, 0.2) is 0 Å². The van der Waals surface area contributed by atoms with Gasteiger partial charge in [0, 0.05) is 26.6 Å². The van der Waals surface area contributed by atoms with Gasteiger partial charge in [0.2, 0.25) is 5.92 Å². The summed E-state index contributed by atoms with van der Waals surface area (Å²) < 4.78 is 36.5. The second-order valence-electron chi connectivity index (χ2n) is 4.98. The van der Waals surface area contributed by atoms with E-state index in [0.717, 1.165) is 19.4 Å². The van der Waals surface area contributed by atoms with Gasteiger partial charge in [-0.2, -0.15) is 0 Å². The molecular formula is C13H25F2NO2. The lowest BCUT2D eigenvalue weighted by Crippen LogP contribution is -2.33. The fraction of sp³-hybridized carbons (Fsp3) is 1.00. The maximum absolute atomic E-state index is 13.1. The minimum Gasteiger partial charge on any atom is -0.382 e. The molecule has 0 radical (unpaired) electrons. The molecular weight excluding hydrogens is 240 g/mol. The Hall–Kier alpha value is -0.260. The third-order valence-electron chi connectivity index (χ3n) is 3.25. The van der Waals surface area contributed by atoms with Crippen molar-refractivity contribution in [3.63, 3.8) is 0 Å². The highest BCUT2D eigenvalue weighted by atomic mass is 19.3. The van der Waals surface area contributed by atoms with Gasteiger partial charge in [-0.1, -0.05) is 0 Å². The molecule has 0 aromatic carbocycles. The minimum atomic E-state index is -2.44. The Morgan fingerprint density at radius 2 is 2.11 bits per heavy atom. The molecule has 0 bridgehead atoms. The van der Waals surface area contributed by atoms with Crippen LogP contribution in [-0.2, 0) is 9.47 Å². The van der Waals surface area contributed by atoms with Gasteiger partial charge in [0.05, 0.1) is 13.2 Å². The summed E-state index contributed by atoms with van der Waals surface area (Å²) in [6, 6.07) is 0. The zero-order chi connectivity index (χ0) is 13.3. The van der Waals surface area contributed by atoms with Crippen LogP contribution >= 0.6 is 0 Å². The van der Waals surface area contributed by atoms with Crippen molar-refractivity contribution in [3.8, 4) is 0 Å². The van der Waals surface area contributed by atoms with E-state index in [4.69, 9.17) is 9.47 Å². The SMILES string of the molecule is COCCOCCCNCC1CCCC(F)(F)C1. The van der Waals surface area contributed by atoms with Crippen molar-refractivity contribution in [2.24, 2.45) is 5.92 Å². The lowest BCUT2D eigenvalue weighted by Gasteiger charge is -2.29. The second-order valence-corrected chi connectivity index (χ2v) is 4.98. The molecule has 1 unspecified atom stereocenters. The monoisotopic (exact) mass is 265 g/mol. The van der Waals surface area contributed by atoms with Crippen molar-refractivity contribution < 1.29 is 18.3 Å². The molecule has 0 heterocycles. The standard InChI is InChI=1S/C13H25F2NO2/c1-17-8-9-18-7-3-6-16-11-12-4-2-5-13(14,15)10-12/h12,16H,2-11H2,1H3. The molecule has 1 fully saturated rings. The first-order valence-corrected chi connectivity index (χ1v) is 6.79. The predicted molar refractivity (Wildman–Crippen MR) is 67.1 cm³/mol. The summed E-state index contributed by atoms with van der Waals surface area (Å²) in [5.74, 6) is -2.31. The average Bonchev–Trinajstić information content (AvgIpc) is 2.31. The second kappa shape index (κ2) is 8.77. The van der Waals surface area contributed by atoms with E-state index in [9.17, 15) is 8.78 Å². The molecule has 1 rings (SSSR count). The molecule has 0 aromatic heterocycles. The van der Waals surface area contributed by atoms with Crippen LogP contribution < -0.4 is 5.32 Å². The summed E-state index contributed by atoms with van der Waals surface area (Å²) in [5, 5.41) is 3.24. The van der Waals surface area contributed by atoms with E-state index in [1.807, 2.05) is 0 Å². The highest BCUT2D eigenvalue weighted by Gasteiger charge is 2.35. The minimum absolute atomic E-state index is 0.0460. The highest BCUT2D eigenvalue weighted by molar-refractivity contribution is 4.79. The number of ether oxygens (including phenoxy) is 2. The Balaban J connectivity index is 1.91. The van der Waals surface area contributed by atoms with Crippen LogP contribution in [0.4, 0.5) is 8.78 Å². The van der Waals surface area contributed by atoms with Gasteiger partial charge >= 0.3 is 0 Å². The number of hydrogen-bond acceptors (Lipinski definition) is 3. The summed E-state index contributed by atoms with van der Waals surface area (Å²) >= 11 is 0. The van der Waals surface area contributed by atoms with Gasteiger partial charge in [0.1, 0.15) is 0 Å². The van der Waals surface area contributed by atoms with Crippen molar-refractivity contribution in [2.75, 3.05) is 40.0 Å². The van der Waals surface area contributed by atoms with Crippen molar-refractivity contribution in [1.82, 2.24) is 5.32 Å². The number of methoxy groups -OCH3 is 1. The molecule has 1 N–H and O–H groups in total. The Labute approximate surface area is 108 Å². The molecule has 1 aliphatic carbocycles. The zero-order valence-electron chi connectivity index (χ0n) is 11.2. The smallest absolute Gasteiger partial charge is 0.248 e. The van der Waals surface area contributed by atoms with Crippen LogP contribution in [0, 0.1) is 5.92 Å². The Morgan fingerprint density at radius 3 is 2.83 bits per heavy atom. The van der Waals surface area contributed by atoms with Crippen LogP contribution in [0.15, 0.2) is 0 Å². The first kappa shape index (κ1) is 15.8. The highest BCUT2D eigenvalue weighted by Crippen LogP contribution is 2.36. The molecule has 0 spiro atoms. The van der Waals surface area contributed by atoms with E-state index in [1.165, 1.54) is 0 Å². The van der Waals surface area contributed by atoms with Gasteiger partial charge in [-0.3, -0.25) is 0 Å². The Kier molecular flexibility index (Phi) is 7.70. The van der Waals surface area contributed by atoms with Crippen LogP contribution in [-0.4, -0.2) is 45.9 Å². The number of alkyl halides is 2. The van der Waals surface area contributed by atoms with Crippen LogP contribution in [0.25, 0.3) is 0 Å². The quantitative estimate of drug-likeness (QED) is 0.650. The predicted octanol–water partition coefficient (Wildman–Crippen LogP) is 2.45. The molecule has 1 atom stereocenters. The molecule has 1 saturated carbocycles. The molecule has 0 amide bonds. The topological polar surface area (TPSA) is 30.5 Å². The molecule has 1 aliphatic rings. The number of hydrogen-bond donors (Lipinski definition) is 1. The number of nitrogens with one attached hydrogen (secondary N) is 1. The van der Waals surface area contributed by atoms with Crippen LogP contribution in [0.2, 0.25) is 0 Å². The molecule has 0 saturated heterocycles. The van der Waals surface area contributed by atoms with Crippen molar-refractivity contribution in [1.29, 1.82) is 0 Å². The summed E-state index contributed by atoms with van der Waals surface area (Å²) in [4.78, 5) is 0. The summed E-state index contributed by atoms with van der Waals surface area (Å²) in [6.45, 7) is 3.45. The Bertz CT molecular complexity index is 215. The largest absolute Gasteiger partial charge is 0.382 e. The lowest BCUT2D eigenvalue weighted by molar-refractivity contribution is -0.0520. The van der Waals surface area contributed by atoms with Gasteiger partial charge in [-0.25, -0.2) is 8.78 Å². The van der Waals surface area contributed by atoms with E-state index in [1.54, 1.807) is 7.11 Å². The van der Waals surface area contributed by atoms with E-state index in [0.29, 0.717) is 32.8 Å². The van der Waals surface area contributed by atoms with Gasteiger partial charge < -0.3 is 14.8 Å². The zero-order valence-corrected chi connectivity index (χ0v) is 11.2. The first-order chi connectivity index (χ1) is 8.64. The molecule has 108 valence electrons. The summed E-state index contributed by atoms with van der Waals surface area (Å²) in [6.07, 6.45) is 2.60. The molecule has 5 heteroatoms. The normalized spacial score (nSPS) is 23.2. The lowest BCUT2D eigenvalue weighted by atomic mass is 9.86. The van der Waals surface area contributed by atoms with Gasteiger partial charge in [-0.05, 0) is 38.3 Å². The molecule has 3 nitrogen and oxygen atoms in total. The third kappa shape index (κ3) is 7.24. The van der Waals surface area contributed by atoms with Crippen molar-refractivity contribution in [2.45, 2.75) is 38.0 Å². The maximum Gasteiger partial charge on any atom is 0.248 e. The summed E-state index contributed by atoms with van der Waals surface area (Å²) in [7, 11) is 1.64. The first-order valence-electron chi connectivity index (χ1n) is 6.79. The number of rotatable bonds is 9. The van der Waals surface area contributed by atoms with Crippen LogP contribution in [0.1, 0.15) is 32.1 Å². The maximum atomic E-state index is 13.1. The van der Waals surface area contributed by atoms with Crippen LogP contribution in [0.3, 0.4) is 0 Å². The van der Waals surface area contributed by atoms with Crippen molar-refractivity contribution >= 4 is 0 Å². The van der Waals surface area contributed by atoms with E-state index in [2.05, 4.69) is 5.32 Å². The third-order valence-corrected chi connectivity index (χ3v) is 3.25. The fourth-order valence-electron chi connectivity index (χ4n) is 2.30. The molecule has 0 aliphatic heterocycles. The number of halogens is 2. The van der Waals surface area contributed by atoms with E-state index < -0.39 is 5.92 Å². The van der Waals surface area contributed by atoms with Crippen LogP contribution in [0.5, 0.6) is 0 Å². The summed E-state index contributed by atoms with van der Waals surface area (Å²) in [5.41, 5.74) is 0. The Morgan fingerprint density at radius 1 is 1.28 bits per heavy atom. The molecule has 0 aromatic rings. The van der Waals surface area contributed by atoms with Gasteiger partial charge in [-0.15, -0.1) is 0 Å². The van der Waals surface area contributed by atoms with E-state index >= 15 is 0 Å². The van der Waals surface area contributed by atoms with Crippen molar-refractivity contribution in [3.05, 3.63) is 0 Å². The molecule has 18 heavy (non-hydrogen) atoms. The van der Waals surface area contributed by atoms with Gasteiger partial charge in [0.25, 0.3) is 0 Å². The average molecular weight is 265 g/mol.